The molecule has 0 fully saturated rings. The fourth-order valence-corrected chi connectivity index (χ4v) is 6.09. The number of non-ortho nitro benzene ring substituents is 1. The maximum Gasteiger partial charge on any atom is 0.270 e. The average molecular weight is 370 g/mol. The molecule has 2 aromatic carbocycles. The second-order valence-electron chi connectivity index (χ2n) is 8.54. The molecule has 2 heterocycles. The number of nitrogens with zero attached hydrogens (tertiary/aromatic N) is 2. The minimum absolute atomic E-state index is 0.222. The molecule has 4 heteroatoms. The van der Waals surface area contributed by atoms with Crippen molar-refractivity contribution in [1.82, 2.24) is 0 Å². The van der Waals surface area contributed by atoms with Gasteiger partial charge in [-0.1, -0.05) is 54.6 Å². The zero-order valence-corrected chi connectivity index (χ0v) is 15.6. The van der Waals surface area contributed by atoms with E-state index in [2.05, 4.69) is 59.5 Å². The third-order valence-corrected chi connectivity index (χ3v) is 7.19. The van der Waals surface area contributed by atoms with Crippen LogP contribution in [0.5, 0.6) is 0 Å². The van der Waals surface area contributed by atoms with Crippen molar-refractivity contribution in [1.29, 1.82) is 0 Å². The zero-order chi connectivity index (χ0) is 18.8. The van der Waals surface area contributed by atoms with Gasteiger partial charge >= 0.3 is 0 Å². The largest absolute Gasteiger partial charge is 0.363 e. The van der Waals surface area contributed by atoms with Crippen LogP contribution in [0.2, 0.25) is 0 Å². The summed E-state index contributed by atoms with van der Waals surface area (Å²) >= 11 is 0. The van der Waals surface area contributed by atoms with Crippen LogP contribution in [0.15, 0.2) is 66.8 Å². The van der Waals surface area contributed by atoms with Gasteiger partial charge in [0.05, 0.1) is 11.0 Å². The summed E-state index contributed by atoms with van der Waals surface area (Å²) in [4.78, 5) is 14.0. The fourth-order valence-electron chi connectivity index (χ4n) is 6.09. The first kappa shape index (κ1) is 16.1. The van der Waals surface area contributed by atoms with Crippen molar-refractivity contribution in [3.05, 3.63) is 93.6 Å². The van der Waals surface area contributed by atoms with Crippen LogP contribution in [0.3, 0.4) is 0 Å². The number of nitro benzene ring substituents is 1. The Balaban J connectivity index is 1.61. The van der Waals surface area contributed by atoms with E-state index in [0.717, 1.165) is 30.5 Å². The van der Waals surface area contributed by atoms with Crippen molar-refractivity contribution in [2.45, 2.75) is 30.7 Å². The number of hydrogen-bond acceptors (Lipinski definition) is 3. The summed E-state index contributed by atoms with van der Waals surface area (Å²) < 4.78 is 0. The number of hydrogen-bond donors (Lipinski definition) is 0. The van der Waals surface area contributed by atoms with E-state index >= 15 is 0 Å². The molecule has 28 heavy (non-hydrogen) atoms. The summed E-state index contributed by atoms with van der Waals surface area (Å²) in [5.41, 5.74) is 5.19. The molecule has 0 unspecified atom stereocenters. The number of benzene rings is 2. The van der Waals surface area contributed by atoms with E-state index < -0.39 is 0 Å². The lowest BCUT2D eigenvalue weighted by molar-refractivity contribution is -0.385. The Morgan fingerprint density at radius 3 is 2.46 bits per heavy atom. The first-order chi connectivity index (χ1) is 13.7. The van der Waals surface area contributed by atoms with E-state index in [1.165, 1.54) is 11.3 Å². The summed E-state index contributed by atoms with van der Waals surface area (Å²) in [6.07, 6.45) is 11.2. The highest BCUT2D eigenvalue weighted by Crippen LogP contribution is 2.59. The first-order valence-electron chi connectivity index (χ1n) is 10.2. The van der Waals surface area contributed by atoms with Crippen LogP contribution in [0.1, 0.15) is 47.4 Å². The summed E-state index contributed by atoms with van der Waals surface area (Å²) in [7, 11) is 0. The van der Waals surface area contributed by atoms with E-state index in [1.54, 1.807) is 0 Å². The lowest BCUT2D eigenvalue weighted by Gasteiger charge is -2.51. The summed E-state index contributed by atoms with van der Waals surface area (Å²) in [6.45, 7) is 1.03. The van der Waals surface area contributed by atoms with E-state index in [4.69, 9.17) is 0 Å². The Bertz CT molecular complexity index is 1010. The molecule has 0 saturated carbocycles. The average Bonchev–Trinajstić information content (AvgIpc) is 3.38. The molecule has 2 aliphatic heterocycles. The Kier molecular flexibility index (Phi) is 3.34. The quantitative estimate of drug-likeness (QED) is 0.399. The van der Waals surface area contributed by atoms with E-state index in [1.807, 2.05) is 12.1 Å². The molecule has 0 radical (unpaired) electrons. The second-order valence-corrected chi connectivity index (χ2v) is 8.54. The van der Waals surface area contributed by atoms with Crippen molar-refractivity contribution in [2.75, 3.05) is 11.4 Å². The van der Waals surface area contributed by atoms with Gasteiger partial charge in [-0.15, -0.1) is 0 Å². The van der Waals surface area contributed by atoms with Gasteiger partial charge in [0.25, 0.3) is 5.69 Å². The Morgan fingerprint density at radius 1 is 0.964 bits per heavy atom. The molecular formula is C24H22N2O2. The van der Waals surface area contributed by atoms with Gasteiger partial charge in [-0.25, -0.2) is 0 Å². The minimum atomic E-state index is -0.222. The van der Waals surface area contributed by atoms with Gasteiger partial charge in [-0.2, -0.15) is 0 Å². The van der Waals surface area contributed by atoms with Crippen molar-refractivity contribution in [2.24, 2.45) is 11.8 Å². The van der Waals surface area contributed by atoms with Crippen LogP contribution >= 0.6 is 0 Å². The van der Waals surface area contributed by atoms with Gasteiger partial charge in [0.15, 0.2) is 0 Å². The number of anilines is 1. The topological polar surface area (TPSA) is 46.4 Å². The molecule has 0 aromatic heterocycles. The molecule has 4 aliphatic rings. The highest BCUT2D eigenvalue weighted by Gasteiger charge is 2.48. The van der Waals surface area contributed by atoms with Crippen molar-refractivity contribution in [3.63, 3.8) is 0 Å². The highest BCUT2D eigenvalue weighted by molar-refractivity contribution is 5.72. The molecule has 2 aromatic rings. The predicted octanol–water partition coefficient (Wildman–Crippen LogP) is 5.49. The monoisotopic (exact) mass is 370 g/mol. The number of fused-ring (bicyclic) bond motifs is 4. The van der Waals surface area contributed by atoms with Gasteiger partial charge in [-0.3, -0.25) is 10.1 Å². The summed E-state index contributed by atoms with van der Waals surface area (Å²) in [5, 5.41) is 11.7. The standard InChI is InChI=1S/C24H22N2O2/c27-26(28)17-12-21-18-9-4-8-16(18)14-25-23(15-6-2-1-3-7-15)20-11-5-10-19(20)22(13-17)24(21)25/h1-7,9-10,12-13,16,18-20,23H,8,11,14H2/t16-,18+,19+,20+,23-/m1/s1. The third kappa shape index (κ3) is 2.12. The Morgan fingerprint density at radius 2 is 1.68 bits per heavy atom. The smallest absolute Gasteiger partial charge is 0.270 e. The van der Waals surface area contributed by atoms with Crippen LogP contribution in [-0.4, -0.2) is 11.5 Å². The van der Waals surface area contributed by atoms with Gasteiger partial charge in [0, 0.05) is 36.2 Å². The van der Waals surface area contributed by atoms with E-state index in [9.17, 15) is 10.1 Å². The number of nitro groups is 1. The van der Waals surface area contributed by atoms with Gasteiger partial charge in [-0.05, 0) is 41.4 Å². The van der Waals surface area contributed by atoms with Crippen LogP contribution < -0.4 is 4.90 Å². The fraction of sp³-hybridized carbons (Fsp3) is 0.333. The van der Waals surface area contributed by atoms with Gasteiger partial charge in [0.1, 0.15) is 0 Å². The van der Waals surface area contributed by atoms with Crippen molar-refractivity contribution >= 4 is 11.4 Å². The summed E-state index contributed by atoms with van der Waals surface area (Å²) in [5.74, 6) is 1.52. The molecular weight excluding hydrogens is 348 g/mol. The molecule has 0 N–H and O–H groups in total. The molecule has 4 nitrogen and oxygen atoms in total. The second kappa shape index (κ2) is 5.81. The maximum atomic E-state index is 11.7. The Hall–Kier alpha value is -2.88. The highest BCUT2D eigenvalue weighted by atomic mass is 16.6. The molecule has 6 rings (SSSR count). The minimum Gasteiger partial charge on any atom is -0.363 e. The molecule has 0 bridgehead atoms. The predicted molar refractivity (Wildman–Crippen MR) is 110 cm³/mol. The third-order valence-electron chi connectivity index (χ3n) is 7.19. The lowest BCUT2D eigenvalue weighted by atomic mass is 9.70. The summed E-state index contributed by atoms with van der Waals surface area (Å²) in [6, 6.07) is 14.8. The van der Waals surface area contributed by atoms with Crippen LogP contribution in [0.4, 0.5) is 11.4 Å². The molecule has 140 valence electrons. The Labute approximate surface area is 164 Å². The lowest BCUT2D eigenvalue weighted by Crippen LogP contribution is -2.46. The molecule has 2 aliphatic carbocycles. The van der Waals surface area contributed by atoms with Gasteiger partial charge < -0.3 is 4.90 Å². The first-order valence-corrected chi connectivity index (χ1v) is 10.2. The van der Waals surface area contributed by atoms with Crippen LogP contribution in [-0.2, 0) is 0 Å². The van der Waals surface area contributed by atoms with Crippen LogP contribution in [0, 0.1) is 22.0 Å². The van der Waals surface area contributed by atoms with E-state index in [0.29, 0.717) is 23.8 Å². The van der Waals surface area contributed by atoms with Crippen molar-refractivity contribution < 1.29 is 4.92 Å². The van der Waals surface area contributed by atoms with Crippen molar-refractivity contribution in [3.8, 4) is 0 Å². The molecule has 0 amide bonds. The zero-order valence-electron chi connectivity index (χ0n) is 15.6. The SMILES string of the molecule is O=[N+]([O-])c1cc2c3c(c1)[C@H]1C=CC[C@@H]1[C@@H](c1ccccc1)N3C[C@H]1CC=C[C@H]21. The van der Waals surface area contributed by atoms with Gasteiger partial charge in [0.2, 0.25) is 0 Å². The molecule has 5 atom stereocenters. The number of rotatable bonds is 2. The maximum absolute atomic E-state index is 11.7. The van der Waals surface area contributed by atoms with E-state index in [-0.39, 0.29) is 16.5 Å². The molecule has 0 spiro atoms. The number of allylic oxidation sites excluding steroid dienone is 4. The normalized spacial score (nSPS) is 31.4. The molecule has 0 saturated heterocycles. The van der Waals surface area contributed by atoms with Crippen LogP contribution in [0.25, 0.3) is 0 Å².